The molecule has 1 aliphatic heterocycles. The van der Waals surface area contributed by atoms with Crippen LogP contribution in [0.3, 0.4) is 0 Å². The molecule has 0 unspecified atom stereocenters. The summed E-state index contributed by atoms with van der Waals surface area (Å²) in [5.41, 5.74) is 2.44. The Balaban J connectivity index is 1.41. The molecule has 0 fully saturated rings. The molecule has 5 nitrogen and oxygen atoms in total. The number of nitrogens with zero attached hydrogens (tertiary/aromatic N) is 2. The molecule has 0 bridgehead atoms. The molecule has 3 aromatic rings. The fourth-order valence-electron chi connectivity index (χ4n) is 2.74. The first-order valence-corrected chi connectivity index (χ1v) is 9.79. The first-order valence-electron chi connectivity index (χ1n) is 7.82. The summed E-state index contributed by atoms with van der Waals surface area (Å²) in [6.45, 7) is 0.0670. The first kappa shape index (κ1) is 16.1. The van der Waals surface area contributed by atoms with Crippen molar-refractivity contribution in [3.8, 4) is 0 Å². The first-order chi connectivity index (χ1) is 12.2. The zero-order chi connectivity index (χ0) is 17.2. The van der Waals surface area contributed by atoms with Gasteiger partial charge >= 0.3 is 0 Å². The molecule has 7 heteroatoms. The molecular formula is C18H15N3O2S2. The molecule has 126 valence electrons. The van der Waals surface area contributed by atoms with Crippen LogP contribution in [0.5, 0.6) is 0 Å². The summed E-state index contributed by atoms with van der Waals surface area (Å²) in [5.74, 6) is 0.779. The fourth-order valence-corrected chi connectivity index (χ4v) is 4.66. The van der Waals surface area contributed by atoms with E-state index < -0.39 is 0 Å². The minimum Gasteiger partial charge on any atom is -0.323 e. The Kier molecular flexibility index (Phi) is 4.42. The number of benzene rings is 2. The average Bonchev–Trinajstić information content (AvgIpc) is 3.03. The van der Waals surface area contributed by atoms with Crippen molar-refractivity contribution in [3.05, 3.63) is 53.5 Å². The summed E-state index contributed by atoms with van der Waals surface area (Å²) in [7, 11) is 0. The Morgan fingerprint density at radius 2 is 2.00 bits per heavy atom. The van der Waals surface area contributed by atoms with Crippen LogP contribution in [0.1, 0.15) is 5.01 Å². The molecule has 25 heavy (non-hydrogen) atoms. The third-order valence-electron chi connectivity index (χ3n) is 3.86. The van der Waals surface area contributed by atoms with Crippen molar-refractivity contribution in [1.29, 1.82) is 0 Å². The predicted octanol–water partition coefficient (Wildman–Crippen LogP) is 3.51. The van der Waals surface area contributed by atoms with Gasteiger partial charge in [-0.3, -0.25) is 9.59 Å². The smallest absolute Gasteiger partial charge is 0.244 e. The van der Waals surface area contributed by atoms with Gasteiger partial charge < -0.3 is 10.2 Å². The lowest BCUT2D eigenvalue weighted by Gasteiger charge is -2.29. The van der Waals surface area contributed by atoms with Gasteiger partial charge in [0.2, 0.25) is 11.8 Å². The summed E-state index contributed by atoms with van der Waals surface area (Å²) in [5, 5.41) is 3.80. The van der Waals surface area contributed by atoms with Crippen LogP contribution in [0.4, 0.5) is 11.4 Å². The summed E-state index contributed by atoms with van der Waals surface area (Å²) < 4.78 is 1.16. The third-order valence-corrected chi connectivity index (χ3v) is 6.01. The molecule has 0 atom stereocenters. The lowest BCUT2D eigenvalue weighted by molar-refractivity contribution is -0.120. The Labute approximate surface area is 153 Å². The van der Waals surface area contributed by atoms with E-state index in [4.69, 9.17) is 0 Å². The van der Waals surface area contributed by atoms with Crippen LogP contribution in [0, 0.1) is 0 Å². The number of para-hydroxylation sites is 3. The van der Waals surface area contributed by atoms with Crippen molar-refractivity contribution in [2.45, 2.75) is 5.75 Å². The third kappa shape index (κ3) is 3.38. The lowest BCUT2D eigenvalue weighted by atomic mass is 10.2. The van der Waals surface area contributed by atoms with Gasteiger partial charge in [-0.15, -0.1) is 23.1 Å². The normalized spacial score (nSPS) is 13.6. The van der Waals surface area contributed by atoms with E-state index in [0.29, 0.717) is 17.2 Å². The van der Waals surface area contributed by atoms with Crippen LogP contribution in [-0.2, 0) is 15.3 Å². The maximum atomic E-state index is 12.6. The number of fused-ring (bicyclic) bond motifs is 2. The molecule has 1 aromatic heterocycles. The molecule has 1 N–H and O–H groups in total. The van der Waals surface area contributed by atoms with Crippen molar-refractivity contribution in [2.24, 2.45) is 0 Å². The van der Waals surface area contributed by atoms with Crippen LogP contribution in [-0.4, -0.2) is 29.1 Å². The predicted molar refractivity (Wildman–Crippen MR) is 103 cm³/mol. The Morgan fingerprint density at radius 1 is 1.20 bits per heavy atom. The highest BCUT2D eigenvalue weighted by atomic mass is 32.2. The van der Waals surface area contributed by atoms with Gasteiger partial charge in [0, 0.05) is 5.75 Å². The minimum atomic E-state index is -0.164. The number of carbonyl (C=O) groups excluding carboxylic acids is 2. The number of rotatable bonds is 4. The SMILES string of the molecule is O=C1CN(C(=O)CSCc2nc3ccccc3s2)c2ccccc2N1. The van der Waals surface area contributed by atoms with Crippen LogP contribution < -0.4 is 10.2 Å². The monoisotopic (exact) mass is 369 g/mol. The topological polar surface area (TPSA) is 62.3 Å². The Morgan fingerprint density at radius 3 is 2.88 bits per heavy atom. The number of thioether (sulfide) groups is 1. The van der Waals surface area contributed by atoms with E-state index in [-0.39, 0.29) is 18.4 Å². The molecule has 2 heterocycles. The van der Waals surface area contributed by atoms with Crippen molar-refractivity contribution in [2.75, 3.05) is 22.5 Å². The van der Waals surface area contributed by atoms with E-state index in [1.54, 1.807) is 22.3 Å². The molecule has 0 spiro atoms. The molecule has 0 radical (unpaired) electrons. The second kappa shape index (κ2) is 6.85. The number of amides is 2. The number of aromatic nitrogens is 1. The van der Waals surface area contributed by atoms with Crippen LogP contribution in [0.15, 0.2) is 48.5 Å². The summed E-state index contributed by atoms with van der Waals surface area (Å²) in [6, 6.07) is 15.4. The summed E-state index contributed by atoms with van der Waals surface area (Å²) in [6.07, 6.45) is 0. The maximum absolute atomic E-state index is 12.6. The molecule has 0 saturated heterocycles. The highest BCUT2D eigenvalue weighted by molar-refractivity contribution is 7.99. The van der Waals surface area contributed by atoms with Crippen LogP contribution in [0.25, 0.3) is 10.2 Å². The molecular weight excluding hydrogens is 354 g/mol. The van der Waals surface area contributed by atoms with Gasteiger partial charge in [0.15, 0.2) is 0 Å². The van der Waals surface area contributed by atoms with Gasteiger partial charge in [0.05, 0.1) is 27.3 Å². The number of thiazole rings is 1. The second-order valence-electron chi connectivity index (χ2n) is 5.61. The van der Waals surface area contributed by atoms with Gasteiger partial charge in [-0.1, -0.05) is 24.3 Å². The Hall–Kier alpha value is -2.38. The molecule has 2 amide bonds. The number of anilines is 2. The summed E-state index contributed by atoms with van der Waals surface area (Å²) in [4.78, 5) is 30.5. The van der Waals surface area contributed by atoms with Crippen molar-refractivity contribution < 1.29 is 9.59 Å². The van der Waals surface area contributed by atoms with Crippen molar-refractivity contribution in [3.63, 3.8) is 0 Å². The van der Waals surface area contributed by atoms with Crippen LogP contribution >= 0.6 is 23.1 Å². The summed E-state index contributed by atoms with van der Waals surface area (Å²) >= 11 is 3.18. The van der Waals surface area contributed by atoms with E-state index in [2.05, 4.69) is 16.4 Å². The van der Waals surface area contributed by atoms with Crippen molar-refractivity contribution >= 4 is 56.5 Å². The maximum Gasteiger partial charge on any atom is 0.244 e. The lowest BCUT2D eigenvalue weighted by Crippen LogP contribution is -2.43. The zero-order valence-electron chi connectivity index (χ0n) is 13.3. The zero-order valence-corrected chi connectivity index (χ0v) is 14.9. The van der Waals surface area contributed by atoms with Gasteiger partial charge in [-0.2, -0.15) is 0 Å². The van der Waals surface area contributed by atoms with E-state index in [9.17, 15) is 9.59 Å². The number of nitrogens with one attached hydrogen (secondary N) is 1. The average molecular weight is 369 g/mol. The van der Waals surface area contributed by atoms with Crippen LogP contribution in [0.2, 0.25) is 0 Å². The fraction of sp³-hybridized carbons (Fsp3) is 0.167. The van der Waals surface area contributed by atoms with Gasteiger partial charge in [-0.05, 0) is 24.3 Å². The number of hydrogen-bond donors (Lipinski definition) is 1. The molecule has 0 saturated carbocycles. The quantitative estimate of drug-likeness (QED) is 0.764. The highest BCUT2D eigenvalue weighted by Crippen LogP contribution is 2.30. The molecule has 2 aromatic carbocycles. The van der Waals surface area contributed by atoms with E-state index >= 15 is 0 Å². The molecule has 0 aliphatic carbocycles. The van der Waals surface area contributed by atoms with E-state index in [1.165, 1.54) is 11.8 Å². The van der Waals surface area contributed by atoms with E-state index in [1.807, 2.05) is 36.4 Å². The second-order valence-corrected chi connectivity index (χ2v) is 7.71. The Bertz CT molecular complexity index is 921. The standard InChI is InChI=1S/C18H15N3O2S2/c22-16-9-21(14-7-3-1-5-12(14)19-16)18(23)11-24-10-17-20-13-6-2-4-8-15(13)25-17/h1-8H,9-11H2,(H,19,22). The van der Waals surface area contributed by atoms with Gasteiger partial charge in [0.25, 0.3) is 0 Å². The largest absolute Gasteiger partial charge is 0.323 e. The number of hydrogen-bond acceptors (Lipinski definition) is 5. The minimum absolute atomic E-state index is 0.0617. The number of carbonyl (C=O) groups is 2. The molecule has 4 rings (SSSR count). The van der Waals surface area contributed by atoms with Gasteiger partial charge in [0.1, 0.15) is 11.6 Å². The molecule has 1 aliphatic rings. The highest BCUT2D eigenvalue weighted by Gasteiger charge is 2.26. The van der Waals surface area contributed by atoms with Gasteiger partial charge in [-0.25, -0.2) is 4.98 Å². The van der Waals surface area contributed by atoms with Crippen molar-refractivity contribution in [1.82, 2.24) is 4.98 Å². The van der Waals surface area contributed by atoms with E-state index in [0.717, 1.165) is 20.9 Å².